The fraction of sp³-hybridized carbons (Fsp3) is 0.136. The quantitative estimate of drug-likeness (QED) is 0.746. The third-order valence-corrected chi connectivity index (χ3v) is 4.72. The lowest BCUT2D eigenvalue weighted by Gasteiger charge is -2.16. The molecule has 0 fully saturated rings. The van der Waals surface area contributed by atoms with Gasteiger partial charge in [0.25, 0.3) is 11.8 Å². The minimum Gasteiger partial charge on any atom is -0.497 e. The van der Waals surface area contributed by atoms with E-state index in [0.29, 0.717) is 30.0 Å². The van der Waals surface area contributed by atoms with Crippen molar-refractivity contribution in [3.8, 4) is 5.75 Å². The predicted molar refractivity (Wildman–Crippen MR) is 105 cm³/mol. The van der Waals surface area contributed by atoms with Crippen LogP contribution in [0.4, 0.5) is 5.69 Å². The van der Waals surface area contributed by atoms with Crippen LogP contribution in [0.2, 0.25) is 0 Å². The second kappa shape index (κ2) is 7.52. The molecule has 0 radical (unpaired) electrons. The molecule has 2 heterocycles. The Kier molecular flexibility index (Phi) is 4.76. The van der Waals surface area contributed by atoms with E-state index < -0.39 is 0 Å². The van der Waals surface area contributed by atoms with Crippen molar-refractivity contribution in [2.45, 2.75) is 13.1 Å². The van der Waals surface area contributed by atoms with Crippen LogP contribution in [-0.4, -0.2) is 23.9 Å². The molecule has 4 rings (SSSR count). The summed E-state index contributed by atoms with van der Waals surface area (Å²) in [5, 5.41) is 2.87. The SMILES string of the molecule is COc1cccc(N2Cc3cccc(C(=O)NCc4cccnc4)c3C2=O)c1. The molecular weight excluding hydrogens is 354 g/mol. The fourth-order valence-corrected chi connectivity index (χ4v) is 3.32. The van der Waals surface area contributed by atoms with Gasteiger partial charge in [-0.25, -0.2) is 0 Å². The number of methoxy groups -OCH3 is 1. The number of pyridine rings is 1. The van der Waals surface area contributed by atoms with Crippen LogP contribution in [0.1, 0.15) is 31.8 Å². The number of hydrogen-bond donors (Lipinski definition) is 1. The van der Waals surface area contributed by atoms with Crippen LogP contribution in [0.15, 0.2) is 67.0 Å². The van der Waals surface area contributed by atoms with Crippen LogP contribution in [0, 0.1) is 0 Å². The van der Waals surface area contributed by atoms with Gasteiger partial charge in [0.2, 0.25) is 0 Å². The number of benzene rings is 2. The van der Waals surface area contributed by atoms with Gasteiger partial charge >= 0.3 is 0 Å². The van der Waals surface area contributed by atoms with Gasteiger partial charge in [-0.1, -0.05) is 24.3 Å². The molecule has 1 N–H and O–H groups in total. The molecule has 140 valence electrons. The number of ether oxygens (including phenoxy) is 1. The molecule has 3 aromatic rings. The van der Waals surface area contributed by atoms with E-state index in [0.717, 1.165) is 16.8 Å². The van der Waals surface area contributed by atoms with Crippen molar-refractivity contribution >= 4 is 17.5 Å². The van der Waals surface area contributed by atoms with Crippen molar-refractivity contribution in [1.29, 1.82) is 0 Å². The minimum atomic E-state index is -0.276. The Morgan fingerprint density at radius 3 is 2.82 bits per heavy atom. The number of fused-ring (bicyclic) bond motifs is 1. The van der Waals surface area contributed by atoms with Crippen LogP contribution < -0.4 is 15.0 Å². The molecule has 1 aromatic heterocycles. The summed E-state index contributed by atoms with van der Waals surface area (Å²) in [5.74, 6) is 0.215. The van der Waals surface area contributed by atoms with Crippen LogP contribution in [0.25, 0.3) is 0 Å². The summed E-state index contributed by atoms with van der Waals surface area (Å²) in [7, 11) is 1.59. The van der Waals surface area contributed by atoms with Gasteiger partial charge in [-0.05, 0) is 35.4 Å². The smallest absolute Gasteiger partial charge is 0.259 e. The summed E-state index contributed by atoms with van der Waals surface area (Å²) in [5.41, 5.74) is 3.31. The zero-order chi connectivity index (χ0) is 19.5. The summed E-state index contributed by atoms with van der Waals surface area (Å²) >= 11 is 0. The lowest BCUT2D eigenvalue weighted by Crippen LogP contribution is -2.27. The van der Waals surface area contributed by atoms with Crippen molar-refractivity contribution < 1.29 is 14.3 Å². The number of carbonyl (C=O) groups excluding carboxylic acids is 2. The molecule has 0 saturated carbocycles. The highest BCUT2D eigenvalue weighted by Gasteiger charge is 2.32. The van der Waals surface area contributed by atoms with E-state index in [1.54, 1.807) is 36.5 Å². The van der Waals surface area contributed by atoms with Crippen molar-refractivity contribution in [3.05, 3.63) is 89.2 Å². The van der Waals surface area contributed by atoms with E-state index in [1.807, 2.05) is 42.5 Å². The number of aromatic nitrogens is 1. The molecular formula is C22H19N3O3. The van der Waals surface area contributed by atoms with E-state index >= 15 is 0 Å². The second-order valence-electron chi connectivity index (χ2n) is 6.48. The topological polar surface area (TPSA) is 71.5 Å². The third kappa shape index (κ3) is 3.32. The molecule has 0 saturated heterocycles. The minimum absolute atomic E-state index is 0.185. The van der Waals surface area contributed by atoms with Crippen LogP contribution in [0.3, 0.4) is 0 Å². The maximum absolute atomic E-state index is 13.1. The Labute approximate surface area is 162 Å². The lowest BCUT2D eigenvalue weighted by atomic mass is 10.0. The second-order valence-corrected chi connectivity index (χ2v) is 6.48. The first-order valence-electron chi connectivity index (χ1n) is 8.92. The molecule has 28 heavy (non-hydrogen) atoms. The number of anilines is 1. The average molecular weight is 373 g/mol. The molecule has 6 heteroatoms. The molecule has 1 aliphatic rings. The van der Waals surface area contributed by atoms with E-state index in [4.69, 9.17) is 4.74 Å². The first-order chi connectivity index (χ1) is 13.7. The molecule has 0 aliphatic carbocycles. The van der Waals surface area contributed by atoms with Gasteiger partial charge in [0.05, 0.1) is 24.8 Å². The van der Waals surface area contributed by atoms with E-state index in [-0.39, 0.29) is 11.8 Å². The molecule has 0 bridgehead atoms. The highest BCUT2D eigenvalue weighted by molar-refractivity contribution is 6.16. The number of rotatable bonds is 5. The van der Waals surface area contributed by atoms with E-state index in [9.17, 15) is 9.59 Å². The number of carbonyl (C=O) groups is 2. The van der Waals surface area contributed by atoms with E-state index in [1.165, 1.54) is 0 Å². The van der Waals surface area contributed by atoms with Gasteiger partial charge in [-0.2, -0.15) is 0 Å². The van der Waals surface area contributed by atoms with Crippen LogP contribution in [-0.2, 0) is 13.1 Å². The van der Waals surface area contributed by atoms with Crippen molar-refractivity contribution in [2.75, 3.05) is 12.0 Å². The normalized spacial score (nSPS) is 12.6. The number of nitrogens with zero attached hydrogens (tertiary/aromatic N) is 2. The maximum atomic E-state index is 13.1. The number of nitrogens with one attached hydrogen (secondary N) is 1. The number of amides is 2. The standard InChI is InChI=1S/C22H19N3O3/c1-28-18-8-3-7-17(11-18)25-14-16-6-2-9-19(20(16)22(25)27)21(26)24-13-15-5-4-10-23-12-15/h2-12H,13-14H2,1H3,(H,24,26). The Morgan fingerprint density at radius 2 is 2.04 bits per heavy atom. The lowest BCUT2D eigenvalue weighted by molar-refractivity contribution is 0.0934. The molecule has 0 atom stereocenters. The Bertz CT molecular complexity index is 1030. The molecule has 1 aliphatic heterocycles. The van der Waals surface area contributed by atoms with Gasteiger partial charge in [0.1, 0.15) is 5.75 Å². The molecule has 6 nitrogen and oxygen atoms in total. The average Bonchev–Trinajstić information content (AvgIpc) is 3.09. The number of hydrogen-bond acceptors (Lipinski definition) is 4. The monoisotopic (exact) mass is 373 g/mol. The van der Waals surface area contributed by atoms with Gasteiger partial charge in [0, 0.05) is 30.7 Å². The Hall–Kier alpha value is -3.67. The molecule has 2 amide bonds. The van der Waals surface area contributed by atoms with E-state index in [2.05, 4.69) is 10.3 Å². The van der Waals surface area contributed by atoms with Crippen molar-refractivity contribution in [1.82, 2.24) is 10.3 Å². The maximum Gasteiger partial charge on any atom is 0.259 e. The molecule has 0 spiro atoms. The summed E-state index contributed by atoms with van der Waals surface area (Å²) in [6, 6.07) is 16.4. The van der Waals surface area contributed by atoms with Crippen LogP contribution >= 0.6 is 0 Å². The largest absolute Gasteiger partial charge is 0.497 e. The zero-order valence-corrected chi connectivity index (χ0v) is 15.4. The fourth-order valence-electron chi connectivity index (χ4n) is 3.32. The zero-order valence-electron chi connectivity index (χ0n) is 15.4. The first-order valence-corrected chi connectivity index (χ1v) is 8.92. The Balaban J connectivity index is 1.58. The molecule has 0 unspecified atom stereocenters. The highest BCUT2D eigenvalue weighted by Crippen LogP contribution is 2.32. The third-order valence-electron chi connectivity index (χ3n) is 4.72. The predicted octanol–water partition coefficient (Wildman–Crippen LogP) is 3.18. The molecule has 2 aromatic carbocycles. The van der Waals surface area contributed by atoms with Crippen molar-refractivity contribution in [2.24, 2.45) is 0 Å². The highest BCUT2D eigenvalue weighted by atomic mass is 16.5. The summed E-state index contributed by atoms with van der Waals surface area (Å²) in [6.07, 6.45) is 3.38. The first kappa shape index (κ1) is 17.7. The van der Waals surface area contributed by atoms with Gasteiger partial charge in [-0.15, -0.1) is 0 Å². The van der Waals surface area contributed by atoms with Gasteiger partial charge in [0.15, 0.2) is 0 Å². The van der Waals surface area contributed by atoms with Crippen LogP contribution in [0.5, 0.6) is 5.75 Å². The van der Waals surface area contributed by atoms with Gasteiger partial charge < -0.3 is 15.0 Å². The summed E-state index contributed by atoms with van der Waals surface area (Å²) in [4.78, 5) is 31.5. The summed E-state index contributed by atoms with van der Waals surface area (Å²) in [6.45, 7) is 0.773. The van der Waals surface area contributed by atoms with Gasteiger partial charge in [-0.3, -0.25) is 14.6 Å². The van der Waals surface area contributed by atoms with Crippen molar-refractivity contribution in [3.63, 3.8) is 0 Å². The summed E-state index contributed by atoms with van der Waals surface area (Å²) < 4.78 is 5.26. The Morgan fingerprint density at radius 1 is 1.18 bits per heavy atom.